The summed E-state index contributed by atoms with van der Waals surface area (Å²) in [5.41, 5.74) is 2.00. The van der Waals surface area contributed by atoms with Crippen molar-refractivity contribution in [3.8, 4) is 5.69 Å². The van der Waals surface area contributed by atoms with Crippen LogP contribution in [0, 0.1) is 0 Å². The second-order valence-electron chi connectivity index (χ2n) is 6.49. The Morgan fingerprint density at radius 3 is 2.48 bits per heavy atom. The largest absolute Gasteiger partial charge is 0.445 e. The summed E-state index contributed by atoms with van der Waals surface area (Å²) >= 11 is 0. The molecule has 1 unspecified atom stereocenters. The molecule has 8 heteroatoms. The van der Waals surface area contributed by atoms with Crippen molar-refractivity contribution in [2.75, 3.05) is 6.54 Å². The van der Waals surface area contributed by atoms with Crippen molar-refractivity contribution >= 4 is 12.0 Å². The van der Waals surface area contributed by atoms with Crippen molar-refractivity contribution in [2.24, 2.45) is 0 Å². The van der Waals surface area contributed by atoms with E-state index < -0.39 is 6.09 Å². The first-order valence-corrected chi connectivity index (χ1v) is 9.34. The number of alkyl carbamates (subject to hydrolysis) is 1. The Kier molecular flexibility index (Phi) is 6.94. The SMILES string of the molecule is CC(CCNC(=O)OCc1ccccc1)NC(=O)c1ccccc1-n1nccn1. The first kappa shape index (κ1) is 20.1. The molecule has 3 rings (SSSR count). The van der Waals surface area contributed by atoms with Crippen LogP contribution in [0.5, 0.6) is 0 Å². The fraction of sp³-hybridized carbons (Fsp3) is 0.238. The molecule has 0 radical (unpaired) electrons. The Morgan fingerprint density at radius 2 is 1.72 bits per heavy atom. The summed E-state index contributed by atoms with van der Waals surface area (Å²) in [6, 6.07) is 16.4. The van der Waals surface area contributed by atoms with Crippen molar-refractivity contribution in [3.05, 3.63) is 78.1 Å². The molecule has 0 saturated carbocycles. The fourth-order valence-corrected chi connectivity index (χ4v) is 2.72. The molecule has 29 heavy (non-hydrogen) atoms. The molecular formula is C21H23N5O3. The number of carbonyl (C=O) groups excluding carboxylic acids is 2. The highest BCUT2D eigenvalue weighted by atomic mass is 16.5. The summed E-state index contributed by atoms with van der Waals surface area (Å²) in [4.78, 5) is 25.8. The van der Waals surface area contributed by atoms with Gasteiger partial charge in [0.05, 0.1) is 23.6 Å². The molecule has 0 aliphatic heterocycles. The summed E-state index contributed by atoms with van der Waals surface area (Å²) < 4.78 is 5.16. The van der Waals surface area contributed by atoms with E-state index in [1.54, 1.807) is 30.6 Å². The van der Waals surface area contributed by atoms with Crippen molar-refractivity contribution in [1.82, 2.24) is 25.6 Å². The molecule has 2 amide bonds. The number of rotatable bonds is 8. The summed E-state index contributed by atoms with van der Waals surface area (Å²) in [7, 11) is 0. The third-order valence-corrected chi connectivity index (χ3v) is 4.22. The minimum atomic E-state index is -0.484. The van der Waals surface area contributed by atoms with E-state index in [-0.39, 0.29) is 18.6 Å². The van der Waals surface area contributed by atoms with Crippen molar-refractivity contribution in [1.29, 1.82) is 0 Å². The zero-order valence-corrected chi connectivity index (χ0v) is 16.1. The number of aromatic nitrogens is 3. The van der Waals surface area contributed by atoms with Gasteiger partial charge < -0.3 is 15.4 Å². The monoisotopic (exact) mass is 393 g/mol. The summed E-state index contributed by atoms with van der Waals surface area (Å²) in [5.74, 6) is -0.225. The first-order valence-electron chi connectivity index (χ1n) is 9.34. The molecule has 1 heterocycles. The van der Waals surface area contributed by atoms with Crippen LogP contribution in [-0.2, 0) is 11.3 Å². The lowest BCUT2D eigenvalue weighted by atomic mass is 10.1. The Hall–Kier alpha value is -3.68. The number of nitrogens with zero attached hydrogens (tertiary/aromatic N) is 3. The molecule has 2 aromatic carbocycles. The van der Waals surface area contributed by atoms with Crippen molar-refractivity contribution in [3.63, 3.8) is 0 Å². The lowest BCUT2D eigenvalue weighted by Gasteiger charge is -2.15. The number of hydrogen-bond donors (Lipinski definition) is 2. The van der Waals surface area contributed by atoms with E-state index in [9.17, 15) is 9.59 Å². The molecule has 1 atom stereocenters. The van der Waals surface area contributed by atoms with E-state index in [0.717, 1.165) is 5.56 Å². The van der Waals surface area contributed by atoms with Gasteiger partial charge in [-0.15, -0.1) is 0 Å². The lowest BCUT2D eigenvalue weighted by Crippen LogP contribution is -2.36. The smallest absolute Gasteiger partial charge is 0.407 e. The van der Waals surface area contributed by atoms with E-state index in [4.69, 9.17) is 4.74 Å². The highest BCUT2D eigenvalue weighted by Crippen LogP contribution is 2.12. The molecule has 3 aromatic rings. The average molecular weight is 393 g/mol. The van der Waals surface area contributed by atoms with Gasteiger partial charge in [-0.1, -0.05) is 42.5 Å². The molecular weight excluding hydrogens is 370 g/mol. The van der Waals surface area contributed by atoms with Crippen LogP contribution in [0.15, 0.2) is 67.0 Å². The predicted octanol–water partition coefficient (Wildman–Crippen LogP) is 2.70. The van der Waals surface area contributed by atoms with E-state index in [0.29, 0.717) is 24.2 Å². The molecule has 0 saturated heterocycles. The highest BCUT2D eigenvalue weighted by molar-refractivity contribution is 5.97. The molecule has 0 aliphatic carbocycles. The van der Waals surface area contributed by atoms with Gasteiger partial charge in [-0.05, 0) is 31.0 Å². The molecule has 0 aliphatic rings. The van der Waals surface area contributed by atoms with Crippen LogP contribution in [0.4, 0.5) is 4.79 Å². The molecule has 2 N–H and O–H groups in total. The van der Waals surface area contributed by atoms with Crippen LogP contribution < -0.4 is 10.6 Å². The molecule has 0 spiro atoms. The predicted molar refractivity (Wildman–Crippen MR) is 108 cm³/mol. The third kappa shape index (κ3) is 5.90. The Bertz CT molecular complexity index is 929. The van der Waals surface area contributed by atoms with Crippen LogP contribution in [0.3, 0.4) is 0 Å². The number of hydrogen-bond acceptors (Lipinski definition) is 5. The zero-order valence-electron chi connectivity index (χ0n) is 16.1. The summed E-state index contributed by atoms with van der Waals surface area (Å²) in [5, 5.41) is 13.8. The number of nitrogens with one attached hydrogen (secondary N) is 2. The molecule has 150 valence electrons. The van der Waals surface area contributed by atoms with Gasteiger partial charge in [0, 0.05) is 12.6 Å². The maximum Gasteiger partial charge on any atom is 0.407 e. The third-order valence-electron chi connectivity index (χ3n) is 4.22. The van der Waals surface area contributed by atoms with Crippen LogP contribution in [0.2, 0.25) is 0 Å². The van der Waals surface area contributed by atoms with Gasteiger partial charge in [-0.25, -0.2) is 4.79 Å². The topological polar surface area (TPSA) is 98.1 Å². The van der Waals surface area contributed by atoms with Crippen LogP contribution >= 0.6 is 0 Å². The Morgan fingerprint density at radius 1 is 1.03 bits per heavy atom. The quantitative estimate of drug-likeness (QED) is 0.613. The van der Waals surface area contributed by atoms with E-state index in [1.807, 2.05) is 43.3 Å². The Balaban J connectivity index is 1.43. The number of benzene rings is 2. The average Bonchev–Trinajstić information content (AvgIpc) is 3.28. The second-order valence-corrected chi connectivity index (χ2v) is 6.49. The summed E-state index contributed by atoms with van der Waals surface area (Å²) in [6.45, 7) is 2.48. The number of ether oxygens (including phenoxy) is 1. The molecule has 8 nitrogen and oxygen atoms in total. The minimum Gasteiger partial charge on any atom is -0.445 e. The fourth-order valence-electron chi connectivity index (χ4n) is 2.72. The normalized spacial score (nSPS) is 11.5. The number of amides is 2. The maximum atomic E-state index is 12.6. The van der Waals surface area contributed by atoms with E-state index >= 15 is 0 Å². The lowest BCUT2D eigenvalue weighted by molar-refractivity contribution is 0.0938. The van der Waals surface area contributed by atoms with Gasteiger partial charge in [-0.2, -0.15) is 15.0 Å². The summed E-state index contributed by atoms with van der Waals surface area (Å²) in [6.07, 6.45) is 3.19. The Labute approximate surface area is 168 Å². The van der Waals surface area contributed by atoms with Gasteiger partial charge in [0.25, 0.3) is 5.91 Å². The molecule has 1 aromatic heterocycles. The van der Waals surface area contributed by atoms with Crippen molar-refractivity contribution in [2.45, 2.75) is 26.0 Å². The van der Waals surface area contributed by atoms with Gasteiger partial charge >= 0.3 is 6.09 Å². The zero-order chi connectivity index (χ0) is 20.5. The first-order chi connectivity index (χ1) is 14.1. The second kappa shape index (κ2) is 10.0. The number of carbonyl (C=O) groups is 2. The standard InChI is InChI=1S/C21H23N5O3/c1-16(11-12-22-21(28)29-15-17-7-3-2-4-8-17)25-20(27)18-9-5-6-10-19(18)26-23-13-14-24-26/h2-10,13-14,16H,11-12,15H2,1H3,(H,22,28)(H,25,27). The van der Waals surface area contributed by atoms with Gasteiger partial charge in [0.15, 0.2) is 0 Å². The minimum absolute atomic E-state index is 0.143. The van der Waals surface area contributed by atoms with Crippen LogP contribution in [0.25, 0.3) is 5.69 Å². The van der Waals surface area contributed by atoms with Crippen LogP contribution in [-0.4, -0.2) is 39.6 Å². The van der Waals surface area contributed by atoms with Gasteiger partial charge in [-0.3, -0.25) is 4.79 Å². The maximum absolute atomic E-state index is 12.6. The van der Waals surface area contributed by atoms with E-state index in [1.165, 1.54) is 4.80 Å². The van der Waals surface area contributed by atoms with Crippen LogP contribution in [0.1, 0.15) is 29.3 Å². The van der Waals surface area contributed by atoms with E-state index in [2.05, 4.69) is 20.8 Å². The molecule has 0 bridgehead atoms. The van der Waals surface area contributed by atoms with Gasteiger partial charge in [0.1, 0.15) is 6.61 Å². The highest BCUT2D eigenvalue weighted by Gasteiger charge is 2.15. The van der Waals surface area contributed by atoms with Crippen molar-refractivity contribution < 1.29 is 14.3 Å². The number of para-hydroxylation sites is 1. The molecule has 0 fully saturated rings. The van der Waals surface area contributed by atoms with Gasteiger partial charge in [0.2, 0.25) is 0 Å².